The number of aliphatic hydroxyl groups excluding tert-OH is 1. The van der Waals surface area contributed by atoms with E-state index in [9.17, 15) is 9.90 Å². The first kappa shape index (κ1) is 16.2. The molecular formula is C16H21N3O3S. The summed E-state index contributed by atoms with van der Waals surface area (Å²) in [5.74, 6) is 0.721. The molecule has 1 N–H and O–H groups in total. The number of hydrogen-bond donors (Lipinski definition) is 1. The molecule has 1 unspecified atom stereocenters. The molecule has 124 valence electrons. The highest BCUT2D eigenvalue weighted by Crippen LogP contribution is 2.33. The van der Waals surface area contributed by atoms with Gasteiger partial charge < -0.3 is 19.3 Å². The fourth-order valence-electron chi connectivity index (χ4n) is 2.69. The van der Waals surface area contributed by atoms with Crippen molar-refractivity contribution in [2.45, 2.75) is 25.5 Å². The van der Waals surface area contributed by atoms with Crippen LogP contribution in [0.1, 0.15) is 39.3 Å². The average molecular weight is 335 g/mol. The lowest BCUT2D eigenvalue weighted by Gasteiger charge is -2.20. The van der Waals surface area contributed by atoms with Gasteiger partial charge in [-0.2, -0.15) is 0 Å². The van der Waals surface area contributed by atoms with Gasteiger partial charge in [-0.3, -0.25) is 4.79 Å². The third kappa shape index (κ3) is 3.63. The number of aromatic nitrogens is 2. The zero-order valence-corrected chi connectivity index (χ0v) is 14.0. The van der Waals surface area contributed by atoms with Gasteiger partial charge in [-0.15, -0.1) is 11.3 Å². The highest BCUT2D eigenvalue weighted by atomic mass is 32.1. The number of ether oxygens (including phenoxy) is 1. The number of nitrogens with zero attached hydrogens (tertiary/aromatic N) is 3. The molecule has 2 aromatic heterocycles. The van der Waals surface area contributed by atoms with Crippen LogP contribution in [0.15, 0.2) is 24.5 Å². The summed E-state index contributed by atoms with van der Waals surface area (Å²) in [6, 6.07) is 3.83. The molecule has 23 heavy (non-hydrogen) atoms. The van der Waals surface area contributed by atoms with Crippen molar-refractivity contribution in [3.63, 3.8) is 0 Å². The highest BCUT2D eigenvalue weighted by Gasteiger charge is 2.23. The standard InChI is InChI=1S/C16H21N3O3S/c1-18-7-6-17-15(18)11-19(8-9-20)16(21)14-5-4-13(23-14)12-3-2-10-22-12/h4-7,12,20H,2-3,8-11H2,1H3. The Balaban J connectivity index is 1.74. The van der Waals surface area contributed by atoms with Crippen molar-refractivity contribution in [2.24, 2.45) is 7.05 Å². The Morgan fingerprint density at radius 2 is 2.43 bits per heavy atom. The second-order valence-electron chi connectivity index (χ2n) is 5.61. The van der Waals surface area contributed by atoms with Crippen molar-refractivity contribution in [3.05, 3.63) is 40.1 Å². The summed E-state index contributed by atoms with van der Waals surface area (Å²) in [6.07, 6.45) is 5.76. The third-order valence-corrected chi connectivity index (χ3v) is 5.16. The summed E-state index contributed by atoms with van der Waals surface area (Å²) >= 11 is 1.48. The Morgan fingerprint density at radius 1 is 1.57 bits per heavy atom. The summed E-state index contributed by atoms with van der Waals surface area (Å²) in [4.78, 5) is 20.4. The molecule has 0 aromatic carbocycles. The van der Waals surface area contributed by atoms with Crippen LogP contribution in [0.25, 0.3) is 0 Å². The van der Waals surface area contributed by atoms with E-state index in [1.807, 2.05) is 29.9 Å². The van der Waals surface area contributed by atoms with E-state index < -0.39 is 0 Å². The number of imidazole rings is 1. The van der Waals surface area contributed by atoms with E-state index in [1.165, 1.54) is 11.3 Å². The summed E-state index contributed by atoms with van der Waals surface area (Å²) < 4.78 is 7.55. The van der Waals surface area contributed by atoms with Gasteiger partial charge in [-0.05, 0) is 25.0 Å². The zero-order chi connectivity index (χ0) is 16.2. The third-order valence-electron chi connectivity index (χ3n) is 3.99. The first-order valence-corrected chi connectivity index (χ1v) is 8.58. The molecule has 1 amide bonds. The van der Waals surface area contributed by atoms with E-state index in [2.05, 4.69) is 4.98 Å². The molecule has 0 aliphatic carbocycles. The minimum Gasteiger partial charge on any atom is -0.395 e. The number of carbonyl (C=O) groups is 1. The molecule has 1 atom stereocenters. The molecule has 0 saturated carbocycles. The lowest BCUT2D eigenvalue weighted by atomic mass is 10.2. The second kappa shape index (κ2) is 7.25. The van der Waals surface area contributed by atoms with Crippen LogP contribution in [-0.2, 0) is 18.3 Å². The van der Waals surface area contributed by atoms with Crippen LogP contribution in [0.5, 0.6) is 0 Å². The second-order valence-corrected chi connectivity index (χ2v) is 6.72. The van der Waals surface area contributed by atoms with Crippen molar-refractivity contribution in [1.82, 2.24) is 14.5 Å². The lowest BCUT2D eigenvalue weighted by Crippen LogP contribution is -2.33. The molecule has 0 radical (unpaired) electrons. The molecule has 7 heteroatoms. The maximum absolute atomic E-state index is 12.7. The first-order valence-electron chi connectivity index (χ1n) is 7.76. The van der Waals surface area contributed by atoms with Gasteiger partial charge in [0.15, 0.2) is 0 Å². The first-order chi connectivity index (χ1) is 11.2. The molecule has 1 saturated heterocycles. The Labute approximate surface area is 139 Å². The van der Waals surface area contributed by atoms with Gasteiger partial charge >= 0.3 is 0 Å². The number of amides is 1. The molecular weight excluding hydrogens is 314 g/mol. The number of aryl methyl sites for hydroxylation is 1. The van der Waals surface area contributed by atoms with E-state index in [4.69, 9.17) is 4.74 Å². The minimum absolute atomic E-state index is 0.0693. The Kier molecular flexibility index (Phi) is 5.09. The summed E-state index contributed by atoms with van der Waals surface area (Å²) in [6.45, 7) is 1.40. The van der Waals surface area contributed by atoms with Crippen molar-refractivity contribution in [2.75, 3.05) is 19.8 Å². The predicted molar refractivity (Wildman–Crippen MR) is 87.3 cm³/mol. The largest absolute Gasteiger partial charge is 0.395 e. The van der Waals surface area contributed by atoms with Crippen LogP contribution in [0.2, 0.25) is 0 Å². The smallest absolute Gasteiger partial charge is 0.264 e. The van der Waals surface area contributed by atoms with E-state index in [-0.39, 0.29) is 18.6 Å². The Bertz CT molecular complexity index is 661. The minimum atomic E-state index is -0.0729. The number of hydrogen-bond acceptors (Lipinski definition) is 5. The summed E-state index contributed by atoms with van der Waals surface area (Å²) in [5.41, 5.74) is 0. The quantitative estimate of drug-likeness (QED) is 0.876. The summed E-state index contributed by atoms with van der Waals surface area (Å²) in [5, 5.41) is 9.27. The van der Waals surface area contributed by atoms with E-state index in [0.717, 1.165) is 30.2 Å². The van der Waals surface area contributed by atoms with Crippen LogP contribution in [0, 0.1) is 0 Å². The monoisotopic (exact) mass is 335 g/mol. The van der Waals surface area contributed by atoms with Crippen molar-refractivity contribution in [1.29, 1.82) is 0 Å². The summed E-state index contributed by atoms with van der Waals surface area (Å²) in [7, 11) is 1.89. The van der Waals surface area contributed by atoms with Crippen molar-refractivity contribution < 1.29 is 14.6 Å². The molecule has 0 bridgehead atoms. The molecule has 1 aliphatic rings. The number of rotatable bonds is 6. The van der Waals surface area contributed by atoms with Gasteiger partial charge in [0.25, 0.3) is 5.91 Å². The van der Waals surface area contributed by atoms with E-state index >= 15 is 0 Å². The van der Waals surface area contributed by atoms with E-state index in [0.29, 0.717) is 18.0 Å². The number of carbonyl (C=O) groups excluding carboxylic acids is 1. The van der Waals surface area contributed by atoms with Crippen molar-refractivity contribution >= 4 is 17.2 Å². The average Bonchev–Trinajstić information content (AvgIpc) is 3.28. The van der Waals surface area contributed by atoms with E-state index in [1.54, 1.807) is 11.1 Å². The predicted octanol–water partition coefficient (Wildman–Crippen LogP) is 1.97. The van der Waals surface area contributed by atoms with Gasteiger partial charge in [0.2, 0.25) is 0 Å². The maximum Gasteiger partial charge on any atom is 0.264 e. The van der Waals surface area contributed by atoms with Gasteiger partial charge in [-0.25, -0.2) is 4.98 Å². The Hall–Kier alpha value is -1.70. The van der Waals surface area contributed by atoms with Gasteiger partial charge in [-0.1, -0.05) is 0 Å². The molecule has 2 aromatic rings. The molecule has 3 rings (SSSR count). The normalized spacial score (nSPS) is 17.6. The molecule has 6 nitrogen and oxygen atoms in total. The number of aliphatic hydroxyl groups is 1. The van der Waals surface area contributed by atoms with Crippen molar-refractivity contribution in [3.8, 4) is 0 Å². The van der Waals surface area contributed by atoms with Crippen LogP contribution in [-0.4, -0.2) is 45.2 Å². The molecule has 0 spiro atoms. The van der Waals surface area contributed by atoms with Gasteiger partial charge in [0.1, 0.15) is 5.82 Å². The molecule has 1 fully saturated rings. The van der Waals surface area contributed by atoms with Crippen LogP contribution >= 0.6 is 11.3 Å². The molecule has 3 heterocycles. The topological polar surface area (TPSA) is 67.6 Å². The maximum atomic E-state index is 12.7. The zero-order valence-electron chi connectivity index (χ0n) is 13.1. The van der Waals surface area contributed by atoms with Gasteiger partial charge in [0, 0.05) is 37.5 Å². The molecule has 1 aliphatic heterocycles. The van der Waals surface area contributed by atoms with Crippen LogP contribution in [0.3, 0.4) is 0 Å². The van der Waals surface area contributed by atoms with Crippen LogP contribution < -0.4 is 0 Å². The van der Waals surface area contributed by atoms with Gasteiger partial charge in [0.05, 0.1) is 24.1 Å². The highest BCUT2D eigenvalue weighted by molar-refractivity contribution is 7.14. The van der Waals surface area contributed by atoms with Crippen LogP contribution in [0.4, 0.5) is 0 Å². The fraction of sp³-hybridized carbons (Fsp3) is 0.500. The fourth-order valence-corrected chi connectivity index (χ4v) is 3.75. The SMILES string of the molecule is Cn1ccnc1CN(CCO)C(=O)c1ccc(C2CCCO2)s1. The lowest BCUT2D eigenvalue weighted by molar-refractivity contribution is 0.0706. The number of thiophene rings is 1. The Morgan fingerprint density at radius 3 is 3.09 bits per heavy atom.